The number of carbonyl (C=O) groups excluding carboxylic acids is 1. The molecule has 0 radical (unpaired) electrons. The molecule has 0 aromatic heterocycles. The first-order valence-corrected chi connectivity index (χ1v) is 6.44. The molecule has 0 saturated heterocycles. The van der Waals surface area contributed by atoms with Crippen LogP contribution >= 0.6 is 0 Å². The van der Waals surface area contributed by atoms with E-state index in [9.17, 15) is 4.79 Å². The maximum absolute atomic E-state index is 12.0. The Morgan fingerprint density at radius 1 is 1.47 bits per heavy atom. The van der Waals surface area contributed by atoms with Crippen LogP contribution in [0.15, 0.2) is 18.2 Å². The second-order valence-corrected chi connectivity index (χ2v) is 4.48. The molecule has 5 nitrogen and oxygen atoms in total. The molecule has 0 fully saturated rings. The van der Waals surface area contributed by atoms with Gasteiger partial charge in [-0.25, -0.2) is 0 Å². The highest BCUT2D eigenvalue weighted by atomic mass is 16.5. The first-order valence-electron chi connectivity index (χ1n) is 6.44. The first-order chi connectivity index (χ1) is 9.06. The minimum atomic E-state index is -0.0224. The number of aryl methyl sites for hydroxylation is 1. The molecule has 0 aliphatic heterocycles. The molecule has 0 bridgehead atoms. The number of amides is 1. The molecule has 0 aliphatic carbocycles. The number of benzene rings is 1. The molecule has 0 aliphatic rings. The van der Waals surface area contributed by atoms with Crippen LogP contribution in [0.25, 0.3) is 0 Å². The van der Waals surface area contributed by atoms with Gasteiger partial charge in [-0.3, -0.25) is 9.69 Å². The average molecular weight is 265 g/mol. The summed E-state index contributed by atoms with van der Waals surface area (Å²) >= 11 is 0. The summed E-state index contributed by atoms with van der Waals surface area (Å²) in [5.41, 5.74) is 8.15. The normalized spacial score (nSPS) is 10.7. The quantitative estimate of drug-likeness (QED) is 0.733. The number of methoxy groups -OCH3 is 1. The van der Waals surface area contributed by atoms with Crippen molar-refractivity contribution in [1.29, 1.82) is 0 Å². The third kappa shape index (κ3) is 5.28. The standard InChI is InChI=1S/C14H23N3O2/c1-4-17(7-8-19-3)10-14(18)16-13-6-5-12(15)9-11(13)2/h5-6,9H,4,7-8,10,15H2,1-3H3,(H,16,18). The minimum absolute atomic E-state index is 0.0224. The Balaban J connectivity index is 2.54. The second kappa shape index (κ2) is 7.76. The molecule has 19 heavy (non-hydrogen) atoms. The van der Waals surface area contributed by atoms with Gasteiger partial charge in [0.05, 0.1) is 13.2 Å². The van der Waals surface area contributed by atoms with Crippen LogP contribution in [0, 0.1) is 6.92 Å². The number of likely N-dealkylation sites (N-methyl/N-ethyl adjacent to an activating group) is 1. The summed E-state index contributed by atoms with van der Waals surface area (Å²) in [5.74, 6) is -0.0224. The predicted octanol–water partition coefficient (Wildman–Crippen LogP) is 1.48. The van der Waals surface area contributed by atoms with Crippen molar-refractivity contribution in [3.63, 3.8) is 0 Å². The molecule has 1 aromatic carbocycles. The monoisotopic (exact) mass is 265 g/mol. The van der Waals surface area contributed by atoms with E-state index in [0.29, 0.717) is 18.8 Å². The van der Waals surface area contributed by atoms with E-state index in [0.717, 1.165) is 24.3 Å². The summed E-state index contributed by atoms with van der Waals surface area (Å²) in [5, 5.41) is 2.90. The van der Waals surface area contributed by atoms with E-state index in [1.807, 2.05) is 30.9 Å². The SMILES string of the molecule is CCN(CCOC)CC(=O)Nc1ccc(N)cc1C. The van der Waals surface area contributed by atoms with Crippen LogP contribution in [0.3, 0.4) is 0 Å². The third-order valence-corrected chi connectivity index (χ3v) is 2.95. The van der Waals surface area contributed by atoms with Gasteiger partial charge in [-0.1, -0.05) is 6.92 Å². The molecular formula is C14H23N3O2. The van der Waals surface area contributed by atoms with Crippen molar-refractivity contribution in [1.82, 2.24) is 4.90 Å². The number of nitrogens with one attached hydrogen (secondary N) is 1. The van der Waals surface area contributed by atoms with Crippen molar-refractivity contribution in [3.8, 4) is 0 Å². The molecule has 0 spiro atoms. The molecule has 0 saturated carbocycles. The van der Waals surface area contributed by atoms with E-state index in [-0.39, 0.29) is 5.91 Å². The highest BCUT2D eigenvalue weighted by molar-refractivity contribution is 5.93. The van der Waals surface area contributed by atoms with Gasteiger partial charge in [0.1, 0.15) is 0 Å². The van der Waals surface area contributed by atoms with E-state index < -0.39 is 0 Å². The Kier molecular flexibility index (Phi) is 6.32. The lowest BCUT2D eigenvalue weighted by atomic mass is 10.2. The summed E-state index contributed by atoms with van der Waals surface area (Å²) in [6, 6.07) is 5.46. The van der Waals surface area contributed by atoms with Crippen LogP contribution in [-0.4, -0.2) is 44.2 Å². The van der Waals surface area contributed by atoms with Crippen molar-refractivity contribution in [2.24, 2.45) is 0 Å². The molecular weight excluding hydrogens is 242 g/mol. The summed E-state index contributed by atoms with van der Waals surface area (Å²) in [4.78, 5) is 14.0. The molecule has 3 N–H and O–H groups in total. The van der Waals surface area contributed by atoms with Crippen LogP contribution in [0.4, 0.5) is 11.4 Å². The lowest BCUT2D eigenvalue weighted by molar-refractivity contribution is -0.117. The Morgan fingerprint density at radius 2 is 2.21 bits per heavy atom. The fourth-order valence-electron chi connectivity index (χ4n) is 1.79. The fourth-order valence-corrected chi connectivity index (χ4v) is 1.79. The Morgan fingerprint density at radius 3 is 2.79 bits per heavy atom. The molecule has 1 rings (SSSR count). The molecule has 0 atom stereocenters. The number of ether oxygens (including phenoxy) is 1. The predicted molar refractivity (Wildman–Crippen MR) is 78.2 cm³/mol. The molecule has 106 valence electrons. The highest BCUT2D eigenvalue weighted by Crippen LogP contribution is 2.17. The van der Waals surface area contributed by atoms with E-state index in [4.69, 9.17) is 10.5 Å². The summed E-state index contributed by atoms with van der Waals surface area (Å²) in [6.45, 7) is 6.51. The summed E-state index contributed by atoms with van der Waals surface area (Å²) in [7, 11) is 1.66. The zero-order chi connectivity index (χ0) is 14.3. The average Bonchev–Trinajstić information content (AvgIpc) is 2.38. The number of hydrogen-bond donors (Lipinski definition) is 2. The van der Waals surface area contributed by atoms with Gasteiger partial charge in [0.25, 0.3) is 0 Å². The van der Waals surface area contributed by atoms with Crippen LogP contribution < -0.4 is 11.1 Å². The van der Waals surface area contributed by atoms with Gasteiger partial charge in [0.2, 0.25) is 5.91 Å². The van der Waals surface area contributed by atoms with Gasteiger partial charge in [-0.2, -0.15) is 0 Å². The maximum Gasteiger partial charge on any atom is 0.238 e. The zero-order valence-electron chi connectivity index (χ0n) is 11.9. The van der Waals surface area contributed by atoms with Crippen LogP contribution in [0.2, 0.25) is 0 Å². The van der Waals surface area contributed by atoms with Gasteiger partial charge < -0.3 is 15.8 Å². The minimum Gasteiger partial charge on any atom is -0.399 e. The topological polar surface area (TPSA) is 67.6 Å². The molecule has 5 heteroatoms. The number of anilines is 2. The van der Waals surface area contributed by atoms with Crippen molar-refractivity contribution >= 4 is 17.3 Å². The number of nitrogen functional groups attached to an aromatic ring is 1. The Labute approximate surface area is 114 Å². The van der Waals surface area contributed by atoms with Crippen molar-refractivity contribution < 1.29 is 9.53 Å². The molecule has 0 heterocycles. The smallest absolute Gasteiger partial charge is 0.238 e. The van der Waals surface area contributed by atoms with Crippen molar-refractivity contribution in [3.05, 3.63) is 23.8 Å². The van der Waals surface area contributed by atoms with E-state index in [1.54, 1.807) is 13.2 Å². The lowest BCUT2D eigenvalue weighted by Crippen LogP contribution is -2.35. The second-order valence-electron chi connectivity index (χ2n) is 4.48. The first kappa shape index (κ1) is 15.5. The van der Waals surface area contributed by atoms with Gasteiger partial charge >= 0.3 is 0 Å². The number of carbonyl (C=O) groups is 1. The molecule has 1 amide bonds. The van der Waals surface area contributed by atoms with E-state index >= 15 is 0 Å². The van der Waals surface area contributed by atoms with Gasteiger partial charge in [0.15, 0.2) is 0 Å². The van der Waals surface area contributed by atoms with Crippen molar-refractivity contribution in [2.75, 3.05) is 44.4 Å². The largest absolute Gasteiger partial charge is 0.399 e. The van der Waals surface area contributed by atoms with Crippen LogP contribution in [0.1, 0.15) is 12.5 Å². The van der Waals surface area contributed by atoms with E-state index in [1.165, 1.54) is 0 Å². The van der Waals surface area contributed by atoms with Crippen LogP contribution in [0.5, 0.6) is 0 Å². The lowest BCUT2D eigenvalue weighted by Gasteiger charge is -2.19. The fraction of sp³-hybridized carbons (Fsp3) is 0.500. The van der Waals surface area contributed by atoms with Gasteiger partial charge in [0, 0.05) is 25.0 Å². The van der Waals surface area contributed by atoms with E-state index in [2.05, 4.69) is 5.32 Å². The zero-order valence-corrected chi connectivity index (χ0v) is 11.9. The Bertz CT molecular complexity index is 421. The highest BCUT2D eigenvalue weighted by Gasteiger charge is 2.10. The summed E-state index contributed by atoms with van der Waals surface area (Å²) < 4.78 is 5.02. The van der Waals surface area contributed by atoms with Crippen LogP contribution in [-0.2, 0) is 9.53 Å². The number of nitrogens with zero attached hydrogens (tertiary/aromatic N) is 1. The van der Waals surface area contributed by atoms with Gasteiger partial charge in [-0.05, 0) is 37.2 Å². The maximum atomic E-state index is 12.0. The molecule has 0 unspecified atom stereocenters. The molecule has 1 aromatic rings. The van der Waals surface area contributed by atoms with Gasteiger partial charge in [-0.15, -0.1) is 0 Å². The van der Waals surface area contributed by atoms with Crippen molar-refractivity contribution in [2.45, 2.75) is 13.8 Å². The third-order valence-electron chi connectivity index (χ3n) is 2.95. The number of nitrogens with two attached hydrogens (primary N) is 1. The number of rotatable bonds is 7. The summed E-state index contributed by atoms with van der Waals surface area (Å²) in [6.07, 6.45) is 0. The Hall–Kier alpha value is -1.59. The number of hydrogen-bond acceptors (Lipinski definition) is 4.